The highest BCUT2D eigenvalue weighted by atomic mass is 15.3. The second-order valence-corrected chi connectivity index (χ2v) is 11.5. The molecule has 1 spiro atoms. The lowest BCUT2D eigenvalue weighted by Gasteiger charge is -2.57. The summed E-state index contributed by atoms with van der Waals surface area (Å²) < 4.78 is 0. The van der Waals surface area contributed by atoms with Crippen molar-refractivity contribution in [3.8, 4) is 6.07 Å². The minimum Gasteiger partial charge on any atom is -0.317 e. The summed E-state index contributed by atoms with van der Waals surface area (Å²) in [5.41, 5.74) is 6.88. The van der Waals surface area contributed by atoms with E-state index >= 15 is 0 Å². The summed E-state index contributed by atoms with van der Waals surface area (Å²) in [5.74, 6) is 0.528. The number of benzene rings is 2. The highest BCUT2D eigenvalue weighted by Gasteiger charge is 2.49. The van der Waals surface area contributed by atoms with Gasteiger partial charge >= 0.3 is 0 Å². The van der Waals surface area contributed by atoms with Crippen LogP contribution in [0.15, 0.2) is 42.5 Å². The van der Waals surface area contributed by atoms with E-state index in [4.69, 9.17) is 0 Å². The summed E-state index contributed by atoms with van der Waals surface area (Å²) in [6.07, 6.45) is 6.37. The van der Waals surface area contributed by atoms with Crippen molar-refractivity contribution in [2.75, 3.05) is 32.7 Å². The Morgan fingerprint density at radius 3 is 2.57 bits per heavy atom. The molecule has 1 aliphatic carbocycles. The van der Waals surface area contributed by atoms with E-state index in [1.807, 2.05) is 0 Å². The molecule has 1 N–H and O–H groups in total. The van der Waals surface area contributed by atoms with Gasteiger partial charge in [0.15, 0.2) is 0 Å². The fraction of sp³-hybridized carbons (Fsp3) is 0.581. The molecule has 2 heterocycles. The lowest BCUT2D eigenvalue weighted by atomic mass is 9.60. The third-order valence-corrected chi connectivity index (χ3v) is 9.04. The number of rotatable bonds is 6. The highest BCUT2D eigenvalue weighted by Crippen LogP contribution is 2.52. The van der Waals surface area contributed by atoms with Crippen molar-refractivity contribution in [1.29, 1.82) is 5.26 Å². The highest BCUT2D eigenvalue weighted by molar-refractivity contribution is 5.41. The number of nitrogens with one attached hydrogen (secondary N) is 1. The Balaban J connectivity index is 1.37. The maximum Gasteiger partial charge on any atom is 0.0994 e. The van der Waals surface area contributed by atoms with Crippen molar-refractivity contribution in [2.45, 2.75) is 77.4 Å². The van der Waals surface area contributed by atoms with Crippen molar-refractivity contribution in [1.82, 2.24) is 15.1 Å². The molecule has 2 aromatic rings. The maximum atomic E-state index is 9.61. The lowest BCUT2D eigenvalue weighted by molar-refractivity contribution is -0.0650. The van der Waals surface area contributed by atoms with Crippen LogP contribution in [0.1, 0.15) is 86.2 Å². The van der Waals surface area contributed by atoms with Crippen molar-refractivity contribution in [3.05, 3.63) is 70.3 Å². The zero-order valence-electron chi connectivity index (χ0n) is 21.9. The van der Waals surface area contributed by atoms with Gasteiger partial charge in [-0.1, -0.05) is 57.2 Å². The first kappa shape index (κ1) is 24.5. The van der Waals surface area contributed by atoms with Crippen molar-refractivity contribution >= 4 is 0 Å². The van der Waals surface area contributed by atoms with Crippen LogP contribution in [0.2, 0.25) is 0 Å². The van der Waals surface area contributed by atoms with Crippen LogP contribution >= 0.6 is 0 Å². The van der Waals surface area contributed by atoms with Crippen molar-refractivity contribution < 1.29 is 0 Å². The topological polar surface area (TPSA) is 42.3 Å². The Labute approximate surface area is 212 Å². The van der Waals surface area contributed by atoms with Gasteiger partial charge in [0.2, 0.25) is 0 Å². The largest absolute Gasteiger partial charge is 0.317 e. The van der Waals surface area contributed by atoms with Crippen LogP contribution in [-0.2, 0) is 13.0 Å². The van der Waals surface area contributed by atoms with Gasteiger partial charge in [-0.05, 0) is 84.8 Å². The molecule has 5 rings (SSSR count). The molecule has 0 aromatic heterocycles. The van der Waals surface area contributed by atoms with Crippen LogP contribution in [0.3, 0.4) is 0 Å². The SMILES string of the molecule is CCc1ccc(CN2CCN(C3CC4(CCNCC4)C3)C(c3ccccc3C(C)C)C2)cc1C#N. The lowest BCUT2D eigenvalue weighted by Crippen LogP contribution is -2.59. The third-order valence-electron chi connectivity index (χ3n) is 9.04. The Morgan fingerprint density at radius 1 is 1.09 bits per heavy atom. The standard InChI is InChI=1S/C31H42N4/c1-4-25-10-9-24(17-26(25)20-32)21-34-15-16-35(27-18-31(19-27)11-13-33-14-12-31)30(22-34)29-8-6-5-7-28(29)23(2)3/h5-10,17,23,27,30,33H,4,11-16,18-19,21-22H2,1-3H3. The van der Waals surface area contributed by atoms with Crippen LogP contribution in [0.4, 0.5) is 0 Å². The molecule has 2 aliphatic heterocycles. The van der Waals surface area contributed by atoms with E-state index in [1.165, 1.54) is 55.5 Å². The zero-order chi connectivity index (χ0) is 24.4. The second-order valence-electron chi connectivity index (χ2n) is 11.5. The molecule has 2 aromatic carbocycles. The summed E-state index contributed by atoms with van der Waals surface area (Å²) in [5, 5.41) is 13.2. The molecule has 0 bridgehead atoms. The number of piperidine rings is 1. The zero-order valence-corrected chi connectivity index (χ0v) is 21.9. The van der Waals surface area contributed by atoms with Crippen LogP contribution < -0.4 is 5.32 Å². The predicted molar refractivity (Wildman–Crippen MR) is 143 cm³/mol. The average molecular weight is 471 g/mol. The van der Waals surface area contributed by atoms with Crippen LogP contribution in [0.25, 0.3) is 0 Å². The van der Waals surface area contributed by atoms with Crippen LogP contribution in [0, 0.1) is 16.7 Å². The molecule has 4 nitrogen and oxygen atoms in total. The van der Waals surface area contributed by atoms with Gasteiger partial charge < -0.3 is 5.32 Å². The van der Waals surface area contributed by atoms with E-state index in [9.17, 15) is 5.26 Å². The molecular weight excluding hydrogens is 428 g/mol. The van der Waals surface area contributed by atoms with Crippen molar-refractivity contribution in [3.63, 3.8) is 0 Å². The van der Waals surface area contributed by atoms with Gasteiger partial charge in [-0.2, -0.15) is 5.26 Å². The van der Waals surface area contributed by atoms with Gasteiger partial charge in [0.05, 0.1) is 11.6 Å². The molecular formula is C31H42N4. The first-order valence-electron chi connectivity index (χ1n) is 13.8. The Kier molecular flexibility index (Phi) is 7.30. The summed E-state index contributed by atoms with van der Waals surface area (Å²) in [7, 11) is 0. The number of hydrogen-bond donors (Lipinski definition) is 1. The van der Waals surface area contributed by atoms with E-state index in [-0.39, 0.29) is 0 Å². The molecule has 3 aliphatic rings. The summed E-state index contributed by atoms with van der Waals surface area (Å²) in [4.78, 5) is 5.49. The molecule has 35 heavy (non-hydrogen) atoms. The van der Waals surface area contributed by atoms with Gasteiger partial charge in [0.1, 0.15) is 0 Å². The second kappa shape index (κ2) is 10.4. The number of nitriles is 1. The van der Waals surface area contributed by atoms with Crippen molar-refractivity contribution in [2.24, 2.45) is 5.41 Å². The number of piperazine rings is 1. The van der Waals surface area contributed by atoms with E-state index in [1.54, 1.807) is 0 Å². The number of nitrogens with zero attached hydrogens (tertiary/aromatic N) is 3. The van der Waals surface area contributed by atoms with E-state index in [0.29, 0.717) is 17.4 Å². The fourth-order valence-corrected chi connectivity index (χ4v) is 6.98. The molecule has 3 fully saturated rings. The summed E-state index contributed by atoms with van der Waals surface area (Å²) in [6.45, 7) is 13.4. The average Bonchev–Trinajstić information content (AvgIpc) is 2.87. The van der Waals surface area contributed by atoms with Gasteiger partial charge in [0, 0.05) is 38.3 Å². The molecule has 2 saturated heterocycles. The van der Waals surface area contributed by atoms with Gasteiger partial charge in [-0.3, -0.25) is 9.80 Å². The Hall–Kier alpha value is -2.19. The fourth-order valence-electron chi connectivity index (χ4n) is 6.98. The Bertz CT molecular complexity index is 1050. The van der Waals surface area contributed by atoms with Gasteiger partial charge in [0.25, 0.3) is 0 Å². The van der Waals surface area contributed by atoms with Gasteiger partial charge in [-0.25, -0.2) is 0 Å². The minimum atomic E-state index is 0.441. The molecule has 4 heteroatoms. The van der Waals surface area contributed by atoms with Crippen LogP contribution in [0.5, 0.6) is 0 Å². The number of hydrogen-bond acceptors (Lipinski definition) is 4. The molecule has 0 amide bonds. The normalized spacial score (nSPS) is 23.3. The third kappa shape index (κ3) is 5.05. The quantitative estimate of drug-likeness (QED) is 0.594. The van der Waals surface area contributed by atoms with Crippen LogP contribution in [-0.4, -0.2) is 48.6 Å². The molecule has 1 unspecified atom stereocenters. The predicted octanol–water partition coefficient (Wildman–Crippen LogP) is 5.64. The van der Waals surface area contributed by atoms with Gasteiger partial charge in [-0.15, -0.1) is 0 Å². The smallest absolute Gasteiger partial charge is 0.0994 e. The molecule has 186 valence electrons. The number of aryl methyl sites for hydroxylation is 1. The summed E-state index contributed by atoms with van der Waals surface area (Å²) in [6, 6.07) is 19.2. The molecule has 0 radical (unpaired) electrons. The first-order chi connectivity index (χ1) is 17.0. The minimum absolute atomic E-state index is 0.441. The summed E-state index contributed by atoms with van der Waals surface area (Å²) >= 11 is 0. The monoisotopic (exact) mass is 470 g/mol. The Morgan fingerprint density at radius 2 is 1.86 bits per heavy atom. The van der Waals surface area contributed by atoms with E-state index < -0.39 is 0 Å². The molecule has 1 saturated carbocycles. The van der Waals surface area contributed by atoms with E-state index in [2.05, 4.69) is 84.4 Å². The maximum absolute atomic E-state index is 9.61. The van der Waals surface area contributed by atoms with E-state index in [0.717, 1.165) is 49.8 Å². The molecule has 1 atom stereocenters. The first-order valence-corrected chi connectivity index (χ1v) is 13.8.